The molecule has 0 saturated carbocycles. The first-order valence-corrected chi connectivity index (χ1v) is 15.9. The van der Waals surface area contributed by atoms with E-state index < -0.39 is 46.0 Å². The molecule has 0 aliphatic rings. The van der Waals surface area contributed by atoms with Gasteiger partial charge in [-0.05, 0) is 48.2 Å². The van der Waals surface area contributed by atoms with Crippen molar-refractivity contribution < 1.29 is 26.6 Å². The van der Waals surface area contributed by atoms with Gasteiger partial charge in [-0.1, -0.05) is 26.0 Å². The van der Waals surface area contributed by atoms with Crippen molar-refractivity contribution in [1.29, 1.82) is 0 Å². The molecule has 0 aliphatic heterocycles. The molecule has 1 aromatic carbocycles. The maximum atomic E-state index is 13.6. The molecule has 4 aromatic rings. The predicted molar refractivity (Wildman–Crippen MR) is 153 cm³/mol. The summed E-state index contributed by atoms with van der Waals surface area (Å²) in [4.78, 5) is 27.0. The second-order valence-corrected chi connectivity index (χ2v) is 13.2. The zero-order valence-corrected chi connectivity index (χ0v) is 23.9. The number of nitrogens with one attached hydrogen (secondary N) is 1. The monoisotopic (exact) mass is 597 g/mol. The van der Waals surface area contributed by atoms with Crippen LogP contribution in [-0.2, 0) is 19.7 Å². The van der Waals surface area contributed by atoms with E-state index in [0.717, 1.165) is 6.21 Å². The zero-order chi connectivity index (χ0) is 29.8. The second kappa shape index (κ2) is 12.0. The predicted octanol–water partition coefficient (Wildman–Crippen LogP) is 4.04. The number of carbonyl (C=O) groups excluding carboxylic acids is 1. The molecule has 4 rings (SSSR count). The number of hydrazone groups is 1. The number of pyridine rings is 2. The van der Waals surface area contributed by atoms with Gasteiger partial charge in [0.05, 0.1) is 28.2 Å². The van der Waals surface area contributed by atoms with Crippen molar-refractivity contribution in [2.45, 2.75) is 36.5 Å². The van der Waals surface area contributed by atoms with Gasteiger partial charge in [-0.15, -0.1) is 0 Å². The maximum Gasteiger partial charge on any atom is 0.289 e. The third-order valence-electron chi connectivity index (χ3n) is 6.11. The van der Waals surface area contributed by atoms with Gasteiger partial charge in [0.25, 0.3) is 11.6 Å². The number of carbonyl (C=O) groups is 1. The van der Waals surface area contributed by atoms with Crippen molar-refractivity contribution in [3.05, 3.63) is 88.5 Å². The molecule has 0 unspecified atom stereocenters. The number of aromatic nitrogens is 2. The van der Waals surface area contributed by atoms with Gasteiger partial charge in [-0.25, -0.2) is 22.3 Å². The minimum atomic E-state index is -4.25. The normalized spacial score (nSPS) is 12.1. The number of fused-ring (bicyclic) bond motifs is 1. The van der Waals surface area contributed by atoms with Crippen LogP contribution in [0.5, 0.6) is 0 Å². The SMILES string of the molecule is CCCS(=O)(=O)c1c(S(=O)(=O)CCC)c2cc(-c3ccncc3)ccn2c1C(=O)N/N=C\c1cccc([N+](=O)[O-])c1. The maximum absolute atomic E-state index is 13.6. The Hall–Kier alpha value is -4.43. The third kappa shape index (κ3) is 6.18. The average Bonchev–Trinajstić information content (AvgIpc) is 3.30. The standard InChI is InChI=1S/C27H27N5O7S2/c1-3-14-40(36,37)25-23-17-21(20-8-11-28-12-9-20)10-13-31(23)24(26(25)41(38,39)15-4-2)27(33)30-29-18-19-6-5-7-22(16-19)32(34)35/h5-13,16-18H,3-4,14-15H2,1-2H3,(H,30,33)/b29-18-. The second-order valence-electron chi connectivity index (χ2n) is 9.10. The molecule has 0 spiro atoms. The van der Waals surface area contributed by atoms with Crippen LogP contribution in [0.1, 0.15) is 42.7 Å². The van der Waals surface area contributed by atoms with Crippen molar-refractivity contribution in [1.82, 2.24) is 14.8 Å². The topological polar surface area (TPSA) is 170 Å². The average molecular weight is 598 g/mol. The van der Waals surface area contributed by atoms with Crippen LogP contribution in [0.15, 0.2) is 82.0 Å². The summed E-state index contributed by atoms with van der Waals surface area (Å²) < 4.78 is 55.6. The number of nitro benzene ring substituents is 1. The fraction of sp³-hybridized carbons (Fsp3) is 0.222. The molecular formula is C27H27N5O7S2. The molecule has 0 radical (unpaired) electrons. The zero-order valence-electron chi connectivity index (χ0n) is 22.2. The van der Waals surface area contributed by atoms with Crippen LogP contribution in [-0.4, -0.2) is 54.8 Å². The summed E-state index contributed by atoms with van der Waals surface area (Å²) in [6, 6.07) is 12.1. The van der Waals surface area contributed by atoms with Crippen molar-refractivity contribution in [3.8, 4) is 11.1 Å². The summed E-state index contributed by atoms with van der Waals surface area (Å²) in [5.41, 5.74) is 3.34. The molecule has 214 valence electrons. The minimum Gasteiger partial charge on any atom is -0.310 e. The highest BCUT2D eigenvalue weighted by Gasteiger charge is 2.37. The lowest BCUT2D eigenvalue weighted by Gasteiger charge is -2.08. The van der Waals surface area contributed by atoms with E-state index in [-0.39, 0.29) is 35.6 Å². The largest absolute Gasteiger partial charge is 0.310 e. The van der Waals surface area contributed by atoms with Gasteiger partial charge in [-0.2, -0.15) is 5.10 Å². The number of nitrogens with zero attached hydrogens (tertiary/aromatic N) is 4. The van der Waals surface area contributed by atoms with E-state index in [1.54, 1.807) is 44.4 Å². The van der Waals surface area contributed by atoms with Crippen LogP contribution in [0.3, 0.4) is 0 Å². The van der Waals surface area contributed by atoms with E-state index in [1.807, 2.05) is 0 Å². The number of amides is 1. The quantitative estimate of drug-likeness (QED) is 0.153. The molecular weight excluding hydrogens is 570 g/mol. The molecule has 3 heterocycles. The summed E-state index contributed by atoms with van der Waals surface area (Å²) in [6.07, 6.45) is 6.17. The smallest absolute Gasteiger partial charge is 0.289 e. The minimum absolute atomic E-state index is 0.0373. The van der Waals surface area contributed by atoms with Gasteiger partial charge in [0, 0.05) is 36.3 Å². The van der Waals surface area contributed by atoms with Crippen LogP contribution >= 0.6 is 0 Å². The lowest BCUT2D eigenvalue weighted by atomic mass is 10.1. The molecule has 14 heteroatoms. The summed E-state index contributed by atoms with van der Waals surface area (Å²) in [5.74, 6) is -1.68. The highest BCUT2D eigenvalue weighted by molar-refractivity contribution is 7.94. The first kappa shape index (κ1) is 29.6. The fourth-order valence-electron chi connectivity index (χ4n) is 4.41. The molecule has 3 aromatic heterocycles. The Morgan fingerprint density at radius 2 is 1.63 bits per heavy atom. The van der Waals surface area contributed by atoms with E-state index >= 15 is 0 Å². The molecule has 41 heavy (non-hydrogen) atoms. The van der Waals surface area contributed by atoms with E-state index in [4.69, 9.17) is 0 Å². The summed E-state index contributed by atoms with van der Waals surface area (Å²) in [5, 5.41) is 14.9. The van der Waals surface area contributed by atoms with Gasteiger partial charge >= 0.3 is 0 Å². The van der Waals surface area contributed by atoms with Crippen LogP contribution in [0.25, 0.3) is 16.6 Å². The number of hydrogen-bond donors (Lipinski definition) is 1. The first-order valence-electron chi connectivity index (χ1n) is 12.6. The van der Waals surface area contributed by atoms with Gasteiger partial charge in [0.2, 0.25) is 0 Å². The molecule has 0 fully saturated rings. The highest BCUT2D eigenvalue weighted by atomic mass is 32.2. The van der Waals surface area contributed by atoms with Crippen LogP contribution in [0, 0.1) is 10.1 Å². The van der Waals surface area contributed by atoms with E-state index in [2.05, 4.69) is 15.5 Å². The third-order valence-corrected chi connectivity index (χ3v) is 10.2. The highest BCUT2D eigenvalue weighted by Crippen LogP contribution is 2.36. The molecule has 0 atom stereocenters. The molecule has 1 amide bonds. The Morgan fingerprint density at radius 1 is 0.976 bits per heavy atom. The number of non-ortho nitro benzene ring substituents is 1. The number of rotatable bonds is 11. The first-order chi connectivity index (χ1) is 19.5. The Morgan fingerprint density at radius 3 is 2.27 bits per heavy atom. The molecule has 12 nitrogen and oxygen atoms in total. The van der Waals surface area contributed by atoms with Crippen LogP contribution in [0.4, 0.5) is 5.69 Å². The molecule has 1 N–H and O–H groups in total. The number of nitro groups is 1. The van der Waals surface area contributed by atoms with Crippen molar-refractivity contribution in [2.75, 3.05) is 11.5 Å². The van der Waals surface area contributed by atoms with E-state index in [1.165, 1.54) is 40.9 Å². The van der Waals surface area contributed by atoms with E-state index in [9.17, 15) is 31.7 Å². The van der Waals surface area contributed by atoms with Gasteiger partial charge < -0.3 is 4.40 Å². The molecule has 0 aliphatic carbocycles. The molecule has 0 bridgehead atoms. The number of sulfone groups is 2. The van der Waals surface area contributed by atoms with Crippen molar-refractivity contribution in [3.63, 3.8) is 0 Å². The van der Waals surface area contributed by atoms with Gasteiger partial charge in [0.1, 0.15) is 15.5 Å². The summed E-state index contributed by atoms with van der Waals surface area (Å²) in [7, 11) is -8.40. The summed E-state index contributed by atoms with van der Waals surface area (Å²) >= 11 is 0. The van der Waals surface area contributed by atoms with Crippen molar-refractivity contribution >= 4 is 43.0 Å². The van der Waals surface area contributed by atoms with E-state index in [0.29, 0.717) is 16.7 Å². The number of benzene rings is 1. The Labute approximate surface area is 236 Å². The fourth-order valence-corrected chi connectivity index (χ4v) is 8.38. The lowest BCUT2D eigenvalue weighted by Crippen LogP contribution is -2.23. The Bertz CT molecular complexity index is 1870. The lowest BCUT2D eigenvalue weighted by molar-refractivity contribution is -0.384. The molecule has 0 saturated heterocycles. The van der Waals surface area contributed by atoms with Crippen LogP contribution in [0.2, 0.25) is 0 Å². The van der Waals surface area contributed by atoms with Crippen molar-refractivity contribution in [2.24, 2.45) is 5.10 Å². The Kier molecular flexibility index (Phi) is 8.63. The van der Waals surface area contributed by atoms with Gasteiger partial charge in [-0.3, -0.25) is 19.9 Å². The Balaban J connectivity index is 1.94. The number of hydrogen-bond acceptors (Lipinski definition) is 9. The van der Waals surface area contributed by atoms with Gasteiger partial charge in [0.15, 0.2) is 19.7 Å². The summed E-state index contributed by atoms with van der Waals surface area (Å²) in [6.45, 7) is 3.30. The van der Waals surface area contributed by atoms with Crippen LogP contribution < -0.4 is 5.43 Å².